The van der Waals surface area contributed by atoms with Gasteiger partial charge < -0.3 is 10.1 Å². The fourth-order valence-corrected chi connectivity index (χ4v) is 4.50. The summed E-state index contributed by atoms with van der Waals surface area (Å²) in [6, 6.07) is 29.3. The number of anilines is 1. The standard InChI is InChI=1S/C29H25N3O2S/c1-19-9-11-22(12-10-19)27-17-25(21-13-15-24(34-3)16-14-21)26(18-30)29(32-27)35-20(2)28(33)31-23-7-5-4-6-8-23/h4-17,20H,1-3H3,(H,31,33)/t20-/m1/s1. The predicted molar refractivity (Wildman–Crippen MR) is 142 cm³/mol. The van der Waals surface area contributed by atoms with Crippen LogP contribution in [0.25, 0.3) is 22.4 Å². The Morgan fingerprint density at radius 2 is 1.66 bits per heavy atom. The van der Waals surface area contributed by atoms with E-state index in [0.29, 0.717) is 10.6 Å². The molecule has 6 heteroatoms. The van der Waals surface area contributed by atoms with E-state index in [1.165, 1.54) is 11.8 Å². The Morgan fingerprint density at radius 3 is 2.29 bits per heavy atom. The lowest BCUT2D eigenvalue weighted by molar-refractivity contribution is -0.115. The van der Waals surface area contributed by atoms with Crippen LogP contribution >= 0.6 is 11.8 Å². The number of carbonyl (C=O) groups is 1. The minimum absolute atomic E-state index is 0.154. The van der Waals surface area contributed by atoms with Gasteiger partial charge in [-0.25, -0.2) is 4.98 Å². The van der Waals surface area contributed by atoms with Gasteiger partial charge in [0.25, 0.3) is 0 Å². The molecule has 1 heterocycles. The second-order valence-electron chi connectivity index (χ2n) is 8.06. The summed E-state index contributed by atoms with van der Waals surface area (Å²) in [5, 5.41) is 13.1. The van der Waals surface area contributed by atoms with Crippen molar-refractivity contribution < 1.29 is 9.53 Å². The van der Waals surface area contributed by atoms with E-state index in [9.17, 15) is 10.1 Å². The topological polar surface area (TPSA) is 75.0 Å². The van der Waals surface area contributed by atoms with E-state index in [2.05, 4.69) is 11.4 Å². The first kappa shape index (κ1) is 24.1. The van der Waals surface area contributed by atoms with Gasteiger partial charge in [0.1, 0.15) is 16.8 Å². The lowest BCUT2D eigenvalue weighted by atomic mass is 9.99. The molecule has 0 radical (unpaired) electrons. The van der Waals surface area contributed by atoms with Crippen molar-refractivity contribution in [2.75, 3.05) is 12.4 Å². The first-order valence-electron chi connectivity index (χ1n) is 11.2. The van der Waals surface area contributed by atoms with E-state index in [-0.39, 0.29) is 5.91 Å². The molecule has 5 nitrogen and oxygen atoms in total. The first-order valence-corrected chi connectivity index (χ1v) is 12.1. The van der Waals surface area contributed by atoms with Gasteiger partial charge in [0.15, 0.2) is 0 Å². The second-order valence-corrected chi connectivity index (χ2v) is 9.39. The molecule has 0 bridgehead atoms. The van der Waals surface area contributed by atoms with Crippen molar-refractivity contribution in [1.82, 2.24) is 4.98 Å². The van der Waals surface area contributed by atoms with Gasteiger partial charge >= 0.3 is 0 Å². The average Bonchev–Trinajstić information content (AvgIpc) is 2.89. The molecule has 0 unspecified atom stereocenters. The molecule has 35 heavy (non-hydrogen) atoms. The molecule has 0 saturated heterocycles. The summed E-state index contributed by atoms with van der Waals surface area (Å²) in [5.74, 6) is 0.583. The Bertz CT molecular complexity index is 1360. The smallest absolute Gasteiger partial charge is 0.237 e. The summed E-state index contributed by atoms with van der Waals surface area (Å²) in [4.78, 5) is 17.7. The number of nitrogens with zero attached hydrogens (tertiary/aromatic N) is 2. The minimum Gasteiger partial charge on any atom is -0.497 e. The molecule has 0 spiro atoms. The van der Waals surface area contributed by atoms with E-state index in [4.69, 9.17) is 9.72 Å². The number of hydrogen-bond acceptors (Lipinski definition) is 5. The molecule has 3 aromatic carbocycles. The van der Waals surface area contributed by atoms with Gasteiger partial charge in [-0.1, -0.05) is 71.9 Å². The quantitative estimate of drug-likeness (QED) is 0.298. The zero-order valence-electron chi connectivity index (χ0n) is 19.8. The molecule has 0 saturated carbocycles. The van der Waals surface area contributed by atoms with E-state index in [1.807, 2.05) is 98.8 Å². The third kappa shape index (κ3) is 5.71. The molecule has 0 aliphatic heterocycles. The van der Waals surface area contributed by atoms with E-state index in [1.54, 1.807) is 7.11 Å². The number of pyridine rings is 1. The molecular formula is C29H25N3O2S. The summed E-state index contributed by atoms with van der Waals surface area (Å²) >= 11 is 1.28. The zero-order valence-corrected chi connectivity index (χ0v) is 20.6. The number of rotatable bonds is 7. The van der Waals surface area contributed by atoms with Crippen LogP contribution in [0.2, 0.25) is 0 Å². The number of aromatic nitrogens is 1. The number of methoxy groups -OCH3 is 1. The zero-order chi connectivity index (χ0) is 24.8. The molecule has 4 aromatic rings. The maximum Gasteiger partial charge on any atom is 0.237 e. The molecule has 0 fully saturated rings. The molecule has 174 valence electrons. The van der Waals surface area contributed by atoms with Crippen LogP contribution in [0.4, 0.5) is 5.69 Å². The molecule has 4 rings (SSSR count). The average molecular weight is 480 g/mol. The summed E-state index contributed by atoms with van der Waals surface area (Å²) in [7, 11) is 1.62. The Balaban J connectivity index is 1.75. The highest BCUT2D eigenvalue weighted by atomic mass is 32.2. The molecular weight excluding hydrogens is 454 g/mol. The summed E-state index contributed by atoms with van der Waals surface area (Å²) < 4.78 is 5.29. The molecule has 0 aliphatic carbocycles. The Morgan fingerprint density at radius 1 is 1.00 bits per heavy atom. The maximum absolute atomic E-state index is 12.9. The summed E-state index contributed by atoms with van der Waals surface area (Å²) in [6.07, 6.45) is 0. The largest absolute Gasteiger partial charge is 0.497 e. The molecule has 0 aliphatic rings. The SMILES string of the molecule is COc1ccc(-c2cc(-c3ccc(C)cc3)nc(S[C@H](C)C(=O)Nc3ccccc3)c2C#N)cc1. The Hall–Kier alpha value is -4.08. The normalized spacial score (nSPS) is 11.4. The van der Waals surface area contributed by atoms with E-state index in [0.717, 1.165) is 39.4 Å². The number of amides is 1. The minimum atomic E-state index is -0.466. The van der Waals surface area contributed by atoms with Crippen LogP contribution in [0.15, 0.2) is 90.0 Å². The van der Waals surface area contributed by atoms with Crippen molar-refractivity contribution in [3.05, 3.63) is 96.1 Å². The lowest BCUT2D eigenvalue weighted by Crippen LogP contribution is -2.22. The van der Waals surface area contributed by atoms with Crippen LogP contribution in [0.3, 0.4) is 0 Å². The first-order chi connectivity index (χ1) is 17.0. The van der Waals surface area contributed by atoms with Crippen LogP contribution in [-0.4, -0.2) is 23.3 Å². The highest BCUT2D eigenvalue weighted by molar-refractivity contribution is 8.00. The van der Waals surface area contributed by atoms with Crippen LogP contribution in [0, 0.1) is 18.3 Å². The van der Waals surface area contributed by atoms with Gasteiger partial charge in [-0.05, 0) is 49.7 Å². The number of aryl methyl sites for hydroxylation is 1. The van der Waals surface area contributed by atoms with Crippen LogP contribution < -0.4 is 10.1 Å². The Kier molecular flexibility index (Phi) is 7.49. The van der Waals surface area contributed by atoms with Crippen LogP contribution in [0.5, 0.6) is 5.75 Å². The van der Waals surface area contributed by atoms with Gasteiger partial charge in [-0.3, -0.25) is 4.79 Å². The number of carbonyl (C=O) groups excluding carboxylic acids is 1. The summed E-state index contributed by atoms with van der Waals surface area (Å²) in [5.41, 5.74) is 5.64. The number of hydrogen-bond donors (Lipinski definition) is 1. The fourth-order valence-electron chi connectivity index (χ4n) is 3.57. The van der Waals surface area contributed by atoms with Crippen LogP contribution in [0.1, 0.15) is 18.1 Å². The van der Waals surface area contributed by atoms with Crippen molar-refractivity contribution in [3.8, 4) is 34.2 Å². The fraction of sp³-hybridized carbons (Fsp3) is 0.138. The van der Waals surface area contributed by atoms with Crippen molar-refractivity contribution >= 4 is 23.4 Å². The third-order valence-electron chi connectivity index (χ3n) is 5.55. The maximum atomic E-state index is 12.9. The third-order valence-corrected chi connectivity index (χ3v) is 6.63. The number of para-hydroxylation sites is 1. The number of nitrogens with one attached hydrogen (secondary N) is 1. The van der Waals surface area contributed by atoms with Gasteiger partial charge in [-0.15, -0.1) is 0 Å². The van der Waals surface area contributed by atoms with E-state index < -0.39 is 5.25 Å². The molecule has 1 amide bonds. The predicted octanol–water partition coefficient (Wildman–Crippen LogP) is 6.72. The van der Waals surface area contributed by atoms with Crippen LogP contribution in [-0.2, 0) is 4.79 Å². The van der Waals surface area contributed by atoms with E-state index >= 15 is 0 Å². The second kappa shape index (κ2) is 10.9. The number of benzene rings is 3. The Labute approximate surface area is 209 Å². The highest BCUT2D eigenvalue weighted by Crippen LogP contribution is 2.36. The van der Waals surface area contributed by atoms with Gasteiger partial charge in [0.2, 0.25) is 5.91 Å². The van der Waals surface area contributed by atoms with Gasteiger partial charge in [0.05, 0.1) is 23.6 Å². The highest BCUT2D eigenvalue weighted by Gasteiger charge is 2.21. The number of thioether (sulfide) groups is 1. The molecule has 1 N–H and O–H groups in total. The van der Waals surface area contributed by atoms with Crippen molar-refractivity contribution in [3.63, 3.8) is 0 Å². The number of ether oxygens (including phenoxy) is 1. The number of nitriles is 1. The van der Waals surface area contributed by atoms with Gasteiger partial charge in [-0.2, -0.15) is 5.26 Å². The van der Waals surface area contributed by atoms with Crippen molar-refractivity contribution in [2.24, 2.45) is 0 Å². The van der Waals surface area contributed by atoms with Gasteiger partial charge in [0, 0.05) is 16.8 Å². The van der Waals surface area contributed by atoms with Crippen molar-refractivity contribution in [1.29, 1.82) is 5.26 Å². The lowest BCUT2D eigenvalue weighted by Gasteiger charge is -2.16. The van der Waals surface area contributed by atoms with Crippen molar-refractivity contribution in [2.45, 2.75) is 24.1 Å². The molecule has 1 aromatic heterocycles. The molecule has 1 atom stereocenters. The summed E-state index contributed by atoms with van der Waals surface area (Å²) in [6.45, 7) is 3.85. The monoisotopic (exact) mass is 479 g/mol.